The lowest BCUT2D eigenvalue weighted by Crippen LogP contribution is -2.08. The summed E-state index contributed by atoms with van der Waals surface area (Å²) in [6.45, 7) is 6.76. The molecule has 0 aliphatic heterocycles. The molecule has 1 heterocycles. The van der Waals surface area contributed by atoms with Crippen LogP contribution in [0.2, 0.25) is 0 Å². The number of ether oxygens (including phenoxy) is 1. The van der Waals surface area contributed by atoms with Crippen LogP contribution >= 0.6 is 0 Å². The molecule has 1 N–H and O–H groups in total. The van der Waals surface area contributed by atoms with Crippen LogP contribution in [0.4, 0.5) is 5.95 Å². The van der Waals surface area contributed by atoms with Gasteiger partial charge in [0.25, 0.3) is 0 Å². The average molecular weight is 257 g/mol. The van der Waals surface area contributed by atoms with Gasteiger partial charge in [-0.2, -0.15) is 4.98 Å². The first-order valence-electron chi connectivity index (χ1n) is 6.49. The third-order valence-electron chi connectivity index (χ3n) is 2.82. The van der Waals surface area contributed by atoms with Crippen molar-refractivity contribution in [3.63, 3.8) is 0 Å². The highest BCUT2D eigenvalue weighted by atomic mass is 16.5. The lowest BCUT2D eigenvalue weighted by molar-refractivity contribution is 0.215. The molecular formula is C15H19N3O. The molecule has 100 valence electrons. The van der Waals surface area contributed by atoms with Crippen molar-refractivity contribution in [3.8, 4) is 5.88 Å². The summed E-state index contributed by atoms with van der Waals surface area (Å²) in [5, 5.41) is 3.09. The summed E-state index contributed by atoms with van der Waals surface area (Å²) in [7, 11) is 0. The number of aryl methyl sites for hydroxylation is 1. The normalized spacial score (nSPS) is 11.9. The van der Waals surface area contributed by atoms with E-state index in [-0.39, 0.29) is 6.10 Å². The number of hydrogen-bond donors (Lipinski definition) is 1. The van der Waals surface area contributed by atoms with Crippen LogP contribution < -0.4 is 10.1 Å². The van der Waals surface area contributed by atoms with Crippen molar-refractivity contribution in [2.45, 2.75) is 26.9 Å². The summed E-state index contributed by atoms with van der Waals surface area (Å²) < 4.78 is 5.93. The molecule has 0 radical (unpaired) electrons. The van der Waals surface area contributed by atoms with Crippen molar-refractivity contribution in [1.29, 1.82) is 0 Å². The van der Waals surface area contributed by atoms with E-state index in [0.29, 0.717) is 11.8 Å². The van der Waals surface area contributed by atoms with Crippen LogP contribution in [0.3, 0.4) is 0 Å². The second-order valence-electron chi connectivity index (χ2n) is 4.38. The Hall–Kier alpha value is -2.10. The molecule has 1 unspecified atom stereocenters. The van der Waals surface area contributed by atoms with Crippen molar-refractivity contribution in [1.82, 2.24) is 9.97 Å². The maximum Gasteiger partial charge on any atom is 0.225 e. The second-order valence-corrected chi connectivity index (χ2v) is 4.38. The molecule has 0 aliphatic rings. The topological polar surface area (TPSA) is 47.0 Å². The van der Waals surface area contributed by atoms with Crippen LogP contribution in [0.5, 0.6) is 5.88 Å². The average Bonchev–Trinajstić information content (AvgIpc) is 2.44. The highest BCUT2D eigenvalue weighted by Crippen LogP contribution is 2.23. The van der Waals surface area contributed by atoms with Crippen LogP contribution in [0.15, 0.2) is 36.5 Å². The van der Waals surface area contributed by atoms with Gasteiger partial charge in [0.2, 0.25) is 11.8 Å². The fourth-order valence-corrected chi connectivity index (χ4v) is 1.75. The van der Waals surface area contributed by atoms with Crippen LogP contribution in [0, 0.1) is 6.92 Å². The number of nitrogens with zero attached hydrogens (tertiary/aromatic N) is 2. The van der Waals surface area contributed by atoms with E-state index in [0.717, 1.165) is 17.7 Å². The molecule has 4 heteroatoms. The molecule has 0 saturated heterocycles. The highest BCUT2D eigenvalue weighted by molar-refractivity contribution is 5.33. The molecule has 2 aromatic rings. The van der Waals surface area contributed by atoms with Crippen LogP contribution in [0.1, 0.15) is 31.1 Å². The first-order valence-corrected chi connectivity index (χ1v) is 6.49. The molecule has 2 rings (SSSR count). The first-order chi connectivity index (χ1) is 9.20. The summed E-state index contributed by atoms with van der Waals surface area (Å²) in [6.07, 6.45) is 1.74. The largest absolute Gasteiger partial charge is 0.469 e. The summed E-state index contributed by atoms with van der Waals surface area (Å²) in [4.78, 5) is 8.59. The molecule has 1 aromatic carbocycles. The molecule has 4 nitrogen and oxygen atoms in total. The Balaban J connectivity index is 2.16. The third-order valence-corrected chi connectivity index (χ3v) is 2.82. The second kappa shape index (κ2) is 6.18. The lowest BCUT2D eigenvalue weighted by Gasteiger charge is -2.16. The van der Waals surface area contributed by atoms with Crippen molar-refractivity contribution < 1.29 is 4.74 Å². The monoisotopic (exact) mass is 257 g/mol. The minimum absolute atomic E-state index is 0.0377. The van der Waals surface area contributed by atoms with E-state index in [2.05, 4.69) is 15.3 Å². The highest BCUT2D eigenvalue weighted by Gasteiger charge is 2.11. The van der Waals surface area contributed by atoms with Gasteiger partial charge in [-0.3, -0.25) is 0 Å². The zero-order valence-corrected chi connectivity index (χ0v) is 11.6. The predicted molar refractivity (Wildman–Crippen MR) is 76.4 cm³/mol. The van der Waals surface area contributed by atoms with E-state index in [4.69, 9.17) is 4.74 Å². The van der Waals surface area contributed by atoms with Crippen molar-refractivity contribution in [2.24, 2.45) is 0 Å². The molecule has 0 fully saturated rings. The molecular weight excluding hydrogens is 238 g/mol. The SMILES string of the molecule is CCNc1ncc(C)c(OC(C)c2ccccc2)n1. The molecule has 0 aliphatic carbocycles. The van der Waals surface area contributed by atoms with E-state index in [1.807, 2.05) is 51.1 Å². The van der Waals surface area contributed by atoms with E-state index < -0.39 is 0 Å². The van der Waals surface area contributed by atoms with Crippen molar-refractivity contribution in [2.75, 3.05) is 11.9 Å². The smallest absolute Gasteiger partial charge is 0.225 e. The fourth-order valence-electron chi connectivity index (χ4n) is 1.75. The molecule has 19 heavy (non-hydrogen) atoms. The Morgan fingerprint density at radius 2 is 2.00 bits per heavy atom. The maximum absolute atomic E-state index is 5.93. The van der Waals surface area contributed by atoms with Gasteiger partial charge in [-0.05, 0) is 26.3 Å². The third kappa shape index (κ3) is 3.44. The van der Waals surface area contributed by atoms with Gasteiger partial charge >= 0.3 is 0 Å². The van der Waals surface area contributed by atoms with Crippen LogP contribution in [-0.4, -0.2) is 16.5 Å². The van der Waals surface area contributed by atoms with Gasteiger partial charge in [-0.1, -0.05) is 30.3 Å². The predicted octanol–water partition coefficient (Wildman–Crippen LogP) is 3.36. The van der Waals surface area contributed by atoms with Gasteiger partial charge in [0.1, 0.15) is 6.10 Å². The number of hydrogen-bond acceptors (Lipinski definition) is 4. The molecule has 0 amide bonds. The Kier molecular flexibility index (Phi) is 4.34. The van der Waals surface area contributed by atoms with Gasteiger partial charge in [-0.25, -0.2) is 4.98 Å². The van der Waals surface area contributed by atoms with Gasteiger partial charge in [-0.15, -0.1) is 0 Å². The van der Waals surface area contributed by atoms with Crippen molar-refractivity contribution >= 4 is 5.95 Å². The summed E-state index contributed by atoms with van der Waals surface area (Å²) in [5.41, 5.74) is 2.06. The lowest BCUT2D eigenvalue weighted by atomic mass is 10.1. The Labute approximate surface area is 113 Å². The zero-order chi connectivity index (χ0) is 13.7. The molecule has 1 aromatic heterocycles. The Morgan fingerprint density at radius 3 is 2.68 bits per heavy atom. The summed E-state index contributed by atoms with van der Waals surface area (Å²) >= 11 is 0. The number of anilines is 1. The van der Waals surface area contributed by atoms with E-state index in [1.165, 1.54) is 0 Å². The van der Waals surface area contributed by atoms with Gasteiger partial charge in [0, 0.05) is 18.3 Å². The number of benzene rings is 1. The van der Waals surface area contributed by atoms with E-state index in [9.17, 15) is 0 Å². The van der Waals surface area contributed by atoms with Crippen molar-refractivity contribution in [3.05, 3.63) is 47.7 Å². The van der Waals surface area contributed by atoms with Gasteiger partial charge in [0.15, 0.2) is 0 Å². The number of nitrogens with one attached hydrogen (secondary N) is 1. The van der Waals surface area contributed by atoms with E-state index in [1.54, 1.807) is 6.20 Å². The molecule has 0 spiro atoms. The summed E-state index contributed by atoms with van der Waals surface area (Å²) in [6, 6.07) is 10.1. The summed E-state index contributed by atoms with van der Waals surface area (Å²) in [5.74, 6) is 1.23. The van der Waals surface area contributed by atoms with E-state index >= 15 is 0 Å². The molecule has 1 atom stereocenters. The number of aromatic nitrogens is 2. The van der Waals surface area contributed by atoms with Gasteiger partial charge < -0.3 is 10.1 Å². The van der Waals surface area contributed by atoms with Crippen LogP contribution in [0.25, 0.3) is 0 Å². The molecule has 0 saturated carbocycles. The quantitative estimate of drug-likeness (QED) is 0.892. The van der Waals surface area contributed by atoms with Crippen LogP contribution in [-0.2, 0) is 0 Å². The molecule has 0 bridgehead atoms. The van der Waals surface area contributed by atoms with Gasteiger partial charge in [0.05, 0.1) is 0 Å². The first kappa shape index (κ1) is 13.3. The maximum atomic E-state index is 5.93. The Morgan fingerprint density at radius 1 is 1.26 bits per heavy atom. The minimum Gasteiger partial charge on any atom is -0.469 e. The minimum atomic E-state index is -0.0377. The Bertz CT molecular complexity index is 528. The zero-order valence-electron chi connectivity index (χ0n) is 11.6. The standard InChI is InChI=1S/C15H19N3O/c1-4-16-15-17-10-11(2)14(18-15)19-12(3)13-8-6-5-7-9-13/h5-10,12H,4H2,1-3H3,(H,16,17,18). The number of rotatable bonds is 5. The fraction of sp³-hybridized carbons (Fsp3) is 0.333.